The molecule has 1 aromatic heterocycles. The lowest BCUT2D eigenvalue weighted by atomic mass is 9.94. The summed E-state index contributed by atoms with van der Waals surface area (Å²) in [5, 5.41) is 1.24. The second-order valence-electron chi connectivity index (χ2n) is 4.40. The average Bonchev–Trinajstić information content (AvgIpc) is 2.86. The van der Waals surface area contributed by atoms with Crippen LogP contribution in [-0.4, -0.2) is 4.98 Å². The van der Waals surface area contributed by atoms with E-state index < -0.39 is 0 Å². The van der Waals surface area contributed by atoms with Crippen LogP contribution in [0.1, 0.15) is 18.4 Å². The molecule has 17 heavy (non-hydrogen) atoms. The lowest BCUT2D eigenvalue weighted by Gasteiger charge is -2.10. The number of fused-ring (bicyclic) bond motifs is 1. The molecular weight excluding hydrogens is 206 g/mol. The van der Waals surface area contributed by atoms with Crippen molar-refractivity contribution in [2.45, 2.75) is 12.8 Å². The summed E-state index contributed by atoms with van der Waals surface area (Å²) in [7, 11) is 0. The van der Waals surface area contributed by atoms with Crippen molar-refractivity contribution in [3.8, 4) is 0 Å². The van der Waals surface area contributed by atoms with Gasteiger partial charge in [0.15, 0.2) is 0 Å². The van der Waals surface area contributed by atoms with Crippen molar-refractivity contribution in [2.75, 3.05) is 0 Å². The maximum Gasteiger partial charge on any atom is 0.0454 e. The number of aromatic amines is 1. The Balaban J connectivity index is 2.00. The first-order valence-corrected chi connectivity index (χ1v) is 5.98. The number of nitrogens with one attached hydrogen (secondary N) is 1. The van der Waals surface area contributed by atoms with Crippen LogP contribution >= 0.6 is 0 Å². The molecule has 0 aliphatic heterocycles. The third kappa shape index (κ3) is 1.84. The van der Waals surface area contributed by atoms with E-state index in [1.54, 1.807) is 0 Å². The highest BCUT2D eigenvalue weighted by molar-refractivity contribution is 5.88. The molecule has 0 saturated heterocycles. The van der Waals surface area contributed by atoms with E-state index in [1.807, 2.05) is 6.20 Å². The Bertz CT molecular complexity index is 626. The molecular formula is C16H15N. The smallest absolute Gasteiger partial charge is 0.0454 e. The summed E-state index contributed by atoms with van der Waals surface area (Å²) in [6.45, 7) is 4.21. The first-order chi connectivity index (χ1) is 8.34. The fraction of sp³-hybridized carbons (Fsp3) is 0.125. The van der Waals surface area contributed by atoms with Gasteiger partial charge in [-0.25, -0.2) is 0 Å². The molecule has 1 aliphatic carbocycles. The van der Waals surface area contributed by atoms with Crippen molar-refractivity contribution in [2.24, 2.45) is 0 Å². The average molecular weight is 221 g/mol. The van der Waals surface area contributed by atoms with E-state index in [4.69, 9.17) is 0 Å². The van der Waals surface area contributed by atoms with E-state index in [-0.39, 0.29) is 0 Å². The third-order valence-electron chi connectivity index (χ3n) is 3.25. The molecule has 0 spiro atoms. The fourth-order valence-corrected chi connectivity index (χ4v) is 2.24. The van der Waals surface area contributed by atoms with Crippen LogP contribution in [0, 0.1) is 0 Å². The normalized spacial score (nSPS) is 14.9. The molecule has 1 heteroatoms. The SMILES string of the molecule is C=C(C1=CCCC=C1)c1ccc2[nH]ccc2c1. The van der Waals surface area contributed by atoms with Crippen LogP contribution in [0.2, 0.25) is 0 Å². The van der Waals surface area contributed by atoms with E-state index in [9.17, 15) is 0 Å². The van der Waals surface area contributed by atoms with Gasteiger partial charge in [0.1, 0.15) is 0 Å². The van der Waals surface area contributed by atoms with Crippen molar-refractivity contribution >= 4 is 16.5 Å². The topological polar surface area (TPSA) is 15.8 Å². The molecule has 84 valence electrons. The lowest BCUT2D eigenvalue weighted by molar-refractivity contribution is 1.03. The summed E-state index contributed by atoms with van der Waals surface area (Å²) < 4.78 is 0. The highest BCUT2D eigenvalue weighted by atomic mass is 14.7. The van der Waals surface area contributed by atoms with Gasteiger partial charge >= 0.3 is 0 Å². The van der Waals surface area contributed by atoms with Gasteiger partial charge in [0.2, 0.25) is 0 Å². The monoisotopic (exact) mass is 221 g/mol. The molecule has 0 amide bonds. The van der Waals surface area contributed by atoms with Crippen molar-refractivity contribution in [3.05, 3.63) is 66.4 Å². The molecule has 1 heterocycles. The summed E-state index contributed by atoms with van der Waals surface area (Å²) >= 11 is 0. The van der Waals surface area contributed by atoms with E-state index >= 15 is 0 Å². The Morgan fingerprint density at radius 2 is 2.12 bits per heavy atom. The molecule has 1 aromatic carbocycles. The Hall–Kier alpha value is -2.02. The number of rotatable bonds is 2. The van der Waals surface area contributed by atoms with Crippen LogP contribution in [-0.2, 0) is 0 Å². The van der Waals surface area contributed by atoms with E-state index in [0.717, 1.165) is 18.4 Å². The fourth-order valence-electron chi connectivity index (χ4n) is 2.24. The maximum atomic E-state index is 4.21. The molecule has 0 fully saturated rings. The van der Waals surface area contributed by atoms with Gasteiger partial charge in [-0.3, -0.25) is 0 Å². The second kappa shape index (κ2) is 4.10. The van der Waals surface area contributed by atoms with Crippen molar-refractivity contribution < 1.29 is 0 Å². The van der Waals surface area contributed by atoms with Gasteiger partial charge < -0.3 is 4.98 Å². The van der Waals surface area contributed by atoms with Gasteiger partial charge in [-0.1, -0.05) is 30.9 Å². The molecule has 1 aliphatic rings. The molecule has 0 radical (unpaired) electrons. The molecule has 1 nitrogen and oxygen atoms in total. The van der Waals surface area contributed by atoms with Gasteiger partial charge in [0.05, 0.1) is 0 Å². The Labute approximate surface area is 101 Å². The zero-order valence-electron chi connectivity index (χ0n) is 9.74. The van der Waals surface area contributed by atoms with Crippen LogP contribution in [0.3, 0.4) is 0 Å². The molecule has 3 rings (SSSR count). The zero-order valence-corrected chi connectivity index (χ0v) is 9.74. The minimum atomic E-state index is 1.11. The van der Waals surface area contributed by atoms with Gasteiger partial charge in [0, 0.05) is 11.7 Å². The number of allylic oxidation sites excluding steroid dienone is 5. The Kier molecular flexibility index (Phi) is 2.45. The quantitative estimate of drug-likeness (QED) is 0.770. The standard InChI is InChI=1S/C16H15N/c1-12(13-5-3-2-4-6-13)14-7-8-16-15(11-14)9-10-17-16/h3,5-11,17H,1-2,4H2. The highest BCUT2D eigenvalue weighted by Crippen LogP contribution is 2.27. The van der Waals surface area contributed by atoms with Crippen LogP contribution in [0.25, 0.3) is 16.5 Å². The summed E-state index contributed by atoms with van der Waals surface area (Å²) in [5.74, 6) is 0. The van der Waals surface area contributed by atoms with Crippen LogP contribution in [0.15, 0.2) is 60.8 Å². The molecule has 0 unspecified atom stereocenters. The van der Waals surface area contributed by atoms with Crippen molar-refractivity contribution in [3.63, 3.8) is 0 Å². The third-order valence-corrected chi connectivity index (χ3v) is 3.25. The van der Waals surface area contributed by atoms with Crippen molar-refractivity contribution in [1.82, 2.24) is 4.98 Å². The summed E-state index contributed by atoms with van der Waals surface area (Å²) in [6, 6.07) is 8.53. The molecule has 0 saturated carbocycles. The predicted octanol–water partition coefficient (Wildman–Crippen LogP) is 4.46. The predicted molar refractivity (Wildman–Crippen MR) is 73.8 cm³/mol. The zero-order chi connectivity index (χ0) is 11.7. The maximum absolute atomic E-state index is 4.21. The number of benzene rings is 1. The summed E-state index contributed by atoms with van der Waals surface area (Å²) in [4.78, 5) is 3.21. The highest BCUT2D eigenvalue weighted by Gasteiger charge is 2.06. The first kappa shape index (κ1) is 10.2. The first-order valence-electron chi connectivity index (χ1n) is 5.98. The van der Waals surface area contributed by atoms with E-state index in [2.05, 4.69) is 54.1 Å². The van der Waals surface area contributed by atoms with Gasteiger partial charge in [-0.05, 0) is 53.1 Å². The number of aromatic nitrogens is 1. The van der Waals surface area contributed by atoms with Crippen LogP contribution in [0.5, 0.6) is 0 Å². The Morgan fingerprint density at radius 3 is 2.94 bits per heavy atom. The van der Waals surface area contributed by atoms with E-state index in [1.165, 1.54) is 22.0 Å². The van der Waals surface area contributed by atoms with Gasteiger partial charge in [0.25, 0.3) is 0 Å². The number of hydrogen-bond donors (Lipinski definition) is 1. The van der Waals surface area contributed by atoms with Crippen molar-refractivity contribution in [1.29, 1.82) is 0 Å². The van der Waals surface area contributed by atoms with E-state index in [0.29, 0.717) is 0 Å². The number of hydrogen-bond acceptors (Lipinski definition) is 0. The minimum absolute atomic E-state index is 1.11. The number of H-pyrrole nitrogens is 1. The lowest BCUT2D eigenvalue weighted by Crippen LogP contribution is -1.89. The van der Waals surface area contributed by atoms with Crippen LogP contribution < -0.4 is 0 Å². The molecule has 2 aromatic rings. The minimum Gasteiger partial charge on any atom is -0.361 e. The molecule has 1 N–H and O–H groups in total. The molecule has 0 atom stereocenters. The molecule has 0 bridgehead atoms. The summed E-state index contributed by atoms with van der Waals surface area (Å²) in [6.07, 6.45) is 10.9. The second-order valence-corrected chi connectivity index (χ2v) is 4.40. The van der Waals surface area contributed by atoms with Gasteiger partial charge in [-0.15, -0.1) is 0 Å². The Morgan fingerprint density at radius 1 is 1.18 bits per heavy atom. The van der Waals surface area contributed by atoms with Gasteiger partial charge in [-0.2, -0.15) is 0 Å². The summed E-state index contributed by atoms with van der Waals surface area (Å²) in [5.41, 5.74) is 4.75. The largest absolute Gasteiger partial charge is 0.361 e. The van der Waals surface area contributed by atoms with Crippen LogP contribution in [0.4, 0.5) is 0 Å².